The molecule has 3 rings (SSSR count). The number of carbonyl (C=O) groups is 1. The fourth-order valence-corrected chi connectivity index (χ4v) is 2.70. The van der Waals surface area contributed by atoms with Gasteiger partial charge in [-0.15, -0.1) is 0 Å². The van der Waals surface area contributed by atoms with Gasteiger partial charge in [0.2, 0.25) is 5.91 Å². The molecule has 1 saturated heterocycles. The number of hydrogen-bond acceptors (Lipinski definition) is 2. The summed E-state index contributed by atoms with van der Waals surface area (Å²) in [4.78, 5) is 13.2. The summed E-state index contributed by atoms with van der Waals surface area (Å²) in [6.45, 7) is 0. The molecule has 6 heteroatoms. The predicted octanol–water partition coefficient (Wildman–Crippen LogP) is 4.06. The second-order valence-electron chi connectivity index (χ2n) is 5.23. The van der Waals surface area contributed by atoms with E-state index in [0.29, 0.717) is 0 Å². The number of β-lactam (4-membered cyclic amide) rings is 1. The topological polar surface area (TPSA) is 44.1 Å². The number of amides is 1. The number of hydrogen-bond donors (Lipinski definition) is 0. The Morgan fingerprint density at radius 3 is 2.39 bits per heavy atom. The average molecular weight is 316 g/mol. The second kappa shape index (κ2) is 5.43. The van der Waals surface area contributed by atoms with E-state index in [4.69, 9.17) is 5.26 Å². The third-order valence-electron chi connectivity index (χ3n) is 3.84. The molecule has 0 aromatic heterocycles. The Morgan fingerprint density at radius 1 is 1.13 bits per heavy atom. The molecule has 23 heavy (non-hydrogen) atoms. The molecule has 2 aromatic rings. The van der Waals surface area contributed by atoms with Gasteiger partial charge in [0.25, 0.3) is 0 Å². The fraction of sp³-hybridized carbons (Fsp3) is 0.176. The smallest absolute Gasteiger partial charge is 0.304 e. The number of nitrogens with zero attached hydrogens (tertiary/aromatic N) is 2. The summed E-state index contributed by atoms with van der Waals surface area (Å²) in [6, 6.07) is 13.7. The van der Waals surface area contributed by atoms with Crippen LogP contribution in [0, 0.1) is 11.3 Å². The zero-order valence-electron chi connectivity index (χ0n) is 11.8. The summed E-state index contributed by atoms with van der Waals surface area (Å²) in [6.07, 6.45) is -4.39. The molecule has 0 bridgehead atoms. The molecule has 116 valence electrons. The van der Waals surface area contributed by atoms with Crippen molar-refractivity contribution in [1.82, 2.24) is 0 Å². The van der Waals surface area contributed by atoms with Crippen LogP contribution in [0.2, 0.25) is 0 Å². The summed E-state index contributed by atoms with van der Waals surface area (Å²) in [7, 11) is 0. The van der Waals surface area contributed by atoms with Crippen molar-refractivity contribution in [2.45, 2.75) is 18.6 Å². The van der Waals surface area contributed by atoms with Crippen LogP contribution in [0.3, 0.4) is 0 Å². The molecular formula is C17H11F3N2O. The lowest BCUT2D eigenvalue weighted by Gasteiger charge is -2.41. The maximum Gasteiger partial charge on any atom is 0.417 e. The van der Waals surface area contributed by atoms with Gasteiger partial charge in [-0.2, -0.15) is 18.4 Å². The summed E-state index contributed by atoms with van der Waals surface area (Å²) >= 11 is 0. The molecule has 1 aliphatic heterocycles. The van der Waals surface area contributed by atoms with Crippen molar-refractivity contribution >= 4 is 11.6 Å². The quantitative estimate of drug-likeness (QED) is 0.784. The minimum atomic E-state index is -4.64. The fourth-order valence-electron chi connectivity index (χ4n) is 2.70. The van der Waals surface area contributed by atoms with Gasteiger partial charge < -0.3 is 4.90 Å². The first-order valence-corrected chi connectivity index (χ1v) is 6.90. The first-order valence-electron chi connectivity index (χ1n) is 6.90. The van der Waals surface area contributed by atoms with Crippen LogP contribution in [0.15, 0.2) is 48.5 Å². The molecule has 2 aromatic carbocycles. The number of nitriles is 1. The molecule has 1 fully saturated rings. The molecule has 0 aliphatic carbocycles. The molecule has 0 saturated carbocycles. The van der Waals surface area contributed by atoms with E-state index >= 15 is 0 Å². The van der Waals surface area contributed by atoms with Crippen LogP contribution >= 0.6 is 0 Å². The zero-order chi connectivity index (χ0) is 16.6. The third-order valence-corrected chi connectivity index (χ3v) is 3.84. The molecule has 1 amide bonds. The number of alkyl halides is 3. The van der Waals surface area contributed by atoms with Crippen LogP contribution in [0.4, 0.5) is 18.9 Å². The molecule has 1 unspecified atom stereocenters. The third kappa shape index (κ3) is 2.66. The highest BCUT2D eigenvalue weighted by molar-refractivity contribution is 6.01. The van der Waals surface area contributed by atoms with Crippen LogP contribution in [0.1, 0.15) is 29.2 Å². The maximum absolute atomic E-state index is 13.1. The SMILES string of the molecule is N#Cc1ccc(N2C(=O)CC2c2ccccc2)cc1C(F)(F)F. The largest absolute Gasteiger partial charge is 0.417 e. The Balaban J connectivity index is 2.01. The lowest BCUT2D eigenvalue weighted by Crippen LogP contribution is -2.46. The monoisotopic (exact) mass is 316 g/mol. The number of anilines is 1. The van der Waals surface area contributed by atoms with Crippen molar-refractivity contribution in [3.8, 4) is 6.07 Å². The lowest BCUT2D eigenvalue weighted by molar-refractivity contribution is -0.138. The molecule has 0 spiro atoms. The van der Waals surface area contributed by atoms with Gasteiger partial charge in [-0.25, -0.2) is 0 Å². The van der Waals surface area contributed by atoms with Crippen LogP contribution in [0.25, 0.3) is 0 Å². The highest BCUT2D eigenvalue weighted by Gasteiger charge is 2.40. The average Bonchev–Trinajstić information content (AvgIpc) is 2.52. The van der Waals surface area contributed by atoms with E-state index in [9.17, 15) is 18.0 Å². The first kappa shape index (κ1) is 15.1. The molecule has 0 radical (unpaired) electrons. The van der Waals surface area contributed by atoms with Crippen molar-refractivity contribution < 1.29 is 18.0 Å². The van der Waals surface area contributed by atoms with Gasteiger partial charge in [0, 0.05) is 5.69 Å². The van der Waals surface area contributed by atoms with E-state index in [0.717, 1.165) is 17.7 Å². The Hall–Kier alpha value is -2.81. The lowest BCUT2D eigenvalue weighted by atomic mass is 9.92. The molecule has 3 nitrogen and oxygen atoms in total. The predicted molar refractivity (Wildman–Crippen MR) is 77.4 cm³/mol. The second-order valence-corrected chi connectivity index (χ2v) is 5.23. The van der Waals surface area contributed by atoms with Gasteiger partial charge in [0.05, 0.1) is 29.7 Å². The Kier molecular flexibility index (Phi) is 3.57. The van der Waals surface area contributed by atoms with Gasteiger partial charge in [-0.05, 0) is 23.8 Å². The van der Waals surface area contributed by atoms with Gasteiger partial charge >= 0.3 is 6.18 Å². The van der Waals surface area contributed by atoms with Gasteiger partial charge in [-0.3, -0.25) is 4.79 Å². The number of carbonyl (C=O) groups excluding carboxylic acids is 1. The molecule has 1 atom stereocenters. The zero-order valence-corrected chi connectivity index (χ0v) is 11.8. The minimum Gasteiger partial charge on any atom is -0.304 e. The van der Waals surface area contributed by atoms with Crippen molar-refractivity contribution in [1.29, 1.82) is 5.26 Å². The van der Waals surface area contributed by atoms with Gasteiger partial charge in [0.1, 0.15) is 0 Å². The van der Waals surface area contributed by atoms with Crippen molar-refractivity contribution in [2.75, 3.05) is 4.90 Å². The van der Waals surface area contributed by atoms with E-state index in [1.54, 1.807) is 0 Å². The van der Waals surface area contributed by atoms with Gasteiger partial charge in [0.15, 0.2) is 0 Å². The summed E-state index contributed by atoms with van der Waals surface area (Å²) in [5.41, 5.74) is -0.457. The molecular weight excluding hydrogens is 305 g/mol. The normalized spacial score (nSPS) is 17.6. The van der Waals surface area contributed by atoms with Crippen molar-refractivity contribution in [3.63, 3.8) is 0 Å². The van der Waals surface area contributed by atoms with E-state index in [-0.39, 0.29) is 24.1 Å². The van der Waals surface area contributed by atoms with E-state index < -0.39 is 17.3 Å². The summed E-state index contributed by atoms with van der Waals surface area (Å²) in [5, 5.41) is 8.83. The van der Waals surface area contributed by atoms with Gasteiger partial charge in [-0.1, -0.05) is 30.3 Å². The highest BCUT2D eigenvalue weighted by atomic mass is 19.4. The van der Waals surface area contributed by atoms with Crippen LogP contribution in [-0.2, 0) is 11.0 Å². The van der Waals surface area contributed by atoms with Crippen molar-refractivity contribution in [2.24, 2.45) is 0 Å². The first-order chi connectivity index (χ1) is 10.9. The van der Waals surface area contributed by atoms with E-state index in [2.05, 4.69) is 0 Å². The summed E-state index contributed by atoms with van der Waals surface area (Å²) in [5.74, 6) is -0.239. The highest BCUT2D eigenvalue weighted by Crippen LogP contribution is 2.41. The number of rotatable bonds is 2. The standard InChI is InChI=1S/C17H11F3N2O/c18-17(19,20)14-8-13(7-6-12(14)10-21)22-15(9-16(22)23)11-4-2-1-3-5-11/h1-8,15H,9H2. The van der Waals surface area contributed by atoms with E-state index in [1.807, 2.05) is 30.3 Å². The van der Waals surface area contributed by atoms with Crippen LogP contribution in [-0.4, -0.2) is 5.91 Å². The summed E-state index contributed by atoms with van der Waals surface area (Å²) < 4.78 is 39.2. The Labute approximate surface area is 130 Å². The van der Waals surface area contributed by atoms with Crippen molar-refractivity contribution in [3.05, 3.63) is 65.2 Å². The molecule has 0 N–H and O–H groups in total. The number of halogens is 3. The molecule has 1 aliphatic rings. The minimum absolute atomic E-state index is 0.154. The molecule has 1 heterocycles. The van der Waals surface area contributed by atoms with Crippen LogP contribution in [0.5, 0.6) is 0 Å². The maximum atomic E-state index is 13.1. The Bertz CT molecular complexity index is 794. The number of benzene rings is 2. The van der Waals surface area contributed by atoms with Crippen LogP contribution < -0.4 is 4.90 Å². The van der Waals surface area contributed by atoms with E-state index in [1.165, 1.54) is 17.0 Å². The Morgan fingerprint density at radius 2 is 1.83 bits per heavy atom.